The zero-order chi connectivity index (χ0) is 12.1. The second kappa shape index (κ2) is 6.30. The molecule has 2 fully saturated rings. The summed E-state index contributed by atoms with van der Waals surface area (Å²) in [5.74, 6) is -0.590. The summed E-state index contributed by atoms with van der Waals surface area (Å²) < 4.78 is 25.3. The van der Waals surface area contributed by atoms with E-state index in [0.717, 1.165) is 13.2 Å². The molecule has 0 radical (unpaired) electrons. The third kappa shape index (κ3) is 5.45. The standard InChI is InChI=1S/C11H18O6/c1-8(2-13-3-9-5-15-9)11(12)17-7-14-4-10-6-16-10/h8-10H,2-7H2,1H3. The molecule has 3 unspecified atom stereocenters. The molecule has 2 saturated heterocycles. The van der Waals surface area contributed by atoms with Gasteiger partial charge in [-0.05, 0) is 6.92 Å². The molecule has 2 aliphatic heterocycles. The van der Waals surface area contributed by atoms with Crippen LogP contribution in [0.5, 0.6) is 0 Å². The number of esters is 1. The smallest absolute Gasteiger partial charge is 0.313 e. The van der Waals surface area contributed by atoms with Gasteiger partial charge >= 0.3 is 5.97 Å². The first-order valence-corrected chi connectivity index (χ1v) is 5.81. The molecule has 98 valence electrons. The molecule has 17 heavy (non-hydrogen) atoms. The van der Waals surface area contributed by atoms with Crippen molar-refractivity contribution in [3.05, 3.63) is 0 Å². The van der Waals surface area contributed by atoms with Crippen molar-refractivity contribution in [3.63, 3.8) is 0 Å². The van der Waals surface area contributed by atoms with Crippen LogP contribution < -0.4 is 0 Å². The van der Waals surface area contributed by atoms with Crippen LogP contribution in [-0.2, 0) is 28.5 Å². The molecule has 2 aliphatic rings. The Hall–Kier alpha value is -0.690. The van der Waals surface area contributed by atoms with Gasteiger partial charge in [0.1, 0.15) is 12.2 Å². The highest BCUT2D eigenvalue weighted by molar-refractivity contribution is 5.71. The number of hydrogen-bond acceptors (Lipinski definition) is 6. The number of rotatable bonds is 9. The van der Waals surface area contributed by atoms with Gasteiger partial charge in [-0.2, -0.15) is 0 Å². The van der Waals surface area contributed by atoms with Crippen molar-refractivity contribution in [2.75, 3.05) is 39.8 Å². The Balaban J connectivity index is 1.44. The normalized spacial score (nSPS) is 27.6. The van der Waals surface area contributed by atoms with Gasteiger partial charge in [-0.1, -0.05) is 0 Å². The molecule has 0 aliphatic carbocycles. The molecule has 6 nitrogen and oxygen atoms in total. The number of ether oxygens (including phenoxy) is 5. The quantitative estimate of drug-likeness (QED) is 0.246. The van der Waals surface area contributed by atoms with E-state index in [1.54, 1.807) is 6.92 Å². The van der Waals surface area contributed by atoms with Crippen LogP contribution in [0.3, 0.4) is 0 Å². The van der Waals surface area contributed by atoms with E-state index in [2.05, 4.69) is 0 Å². The lowest BCUT2D eigenvalue weighted by Crippen LogP contribution is -2.22. The lowest BCUT2D eigenvalue weighted by molar-refractivity contribution is -0.163. The summed E-state index contributed by atoms with van der Waals surface area (Å²) in [6, 6.07) is 0. The second-order valence-electron chi connectivity index (χ2n) is 4.30. The van der Waals surface area contributed by atoms with E-state index in [1.165, 1.54) is 0 Å². The maximum Gasteiger partial charge on any atom is 0.313 e. The third-order valence-corrected chi connectivity index (χ3v) is 2.47. The van der Waals surface area contributed by atoms with Gasteiger partial charge < -0.3 is 23.7 Å². The van der Waals surface area contributed by atoms with Crippen LogP contribution in [0.25, 0.3) is 0 Å². The van der Waals surface area contributed by atoms with Gasteiger partial charge in [-0.15, -0.1) is 0 Å². The van der Waals surface area contributed by atoms with E-state index >= 15 is 0 Å². The first-order valence-electron chi connectivity index (χ1n) is 5.81. The van der Waals surface area contributed by atoms with Crippen LogP contribution >= 0.6 is 0 Å². The Morgan fingerprint density at radius 2 is 1.82 bits per heavy atom. The van der Waals surface area contributed by atoms with E-state index in [9.17, 15) is 4.79 Å². The lowest BCUT2D eigenvalue weighted by atomic mass is 10.2. The highest BCUT2D eigenvalue weighted by Crippen LogP contribution is 2.10. The van der Waals surface area contributed by atoms with Crippen LogP contribution in [0.15, 0.2) is 0 Å². The Labute approximate surface area is 100 Å². The van der Waals surface area contributed by atoms with Crippen molar-refractivity contribution >= 4 is 5.97 Å². The summed E-state index contributed by atoms with van der Waals surface area (Å²) in [5.41, 5.74) is 0. The largest absolute Gasteiger partial charge is 0.438 e. The molecule has 2 heterocycles. The van der Waals surface area contributed by atoms with Crippen LogP contribution in [-0.4, -0.2) is 58.0 Å². The molecule has 0 spiro atoms. The van der Waals surface area contributed by atoms with Gasteiger partial charge in [0, 0.05) is 0 Å². The Morgan fingerprint density at radius 3 is 2.41 bits per heavy atom. The molecule has 0 aromatic carbocycles. The van der Waals surface area contributed by atoms with E-state index < -0.39 is 0 Å². The number of carbonyl (C=O) groups excluding carboxylic acids is 1. The summed E-state index contributed by atoms with van der Waals surface area (Å²) in [6.45, 7) is 4.63. The first-order chi connectivity index (χ1) is 8.25. The van der Waals surface area contributed by atoms with Crippen molar-refractivity contribution in [1.82, 2.24) is 0 Å². The first kappa shape index (κ1) is 12.8. The molecule has 0 bridgehead atoms. The summed E-state index contributed by atoms with van der Waals surface area (Å²) in [4.78, 5) is 11.4. The number of carbonyl (C=O) groups is 1. The van der Waals surface area contributed by atoms with Crippen LogP contribution in [0.1, 0.15) is 6.92 Å². The summed E-state index contributed by atoms with van der Waals surface area (Å²) in [6.07, 6.45) is 0.410. The SMILES string of the molecule is CC(COCC1CO1)C(=O)OCOCC1CO1. The molecular formula is C11H18O6. The minimum atomic E-state index is -0.307. The summed E-state index contributed by atoms with van der Waals surface area (Å²) >= 11 is 0. The van der Waals surface area contributed by atoms with Crippen LogP contribution in [0, 0.1) is 5.92 Å². The molecule has 0 aromatic rings. The highest BCUT2D eigenvalue weighted by atomic mass is 16.7. The van der Waals surface area contributed by atoms with Gasteiger partial charge in [-0.3, -0.25) is 4.79 Å². The topological polar surface area (TPSA) is 69.8 Å². The Bertz CT molecular complexity index is 248. The maximum absolute atomic E-state index is 11.4. The molecular weight excluding hydrogens is 228 g/mol. The van der Waals surface area contributed by atoms with Gasteiger partial charge in [0.15, 0.2) is 6.79 Å². The zero-order valence-electron chi connectivity index (χ0n) is 9.92. The van der Waals surface area contributed by atoms with E-state index in [0.29, 0.717) is 19.8 Å². The van der Waals surface area contributed by atoms with Crippen molar-refractivity contribution < 1.29 is 28.5 Å². The van der Waals surface area contributed by atoms with Crippen molar-refractivity contribution in [1.29, 1.82) is 0 Å². The zero-order valence-corrected chi connectivity index (χ0v) is 9.92. The lowest BCUT2D eigenvalue weighted by Gasteiger charge is -2.11. The monoisotopic (exact) mass is 246 g/mol. The maximum atomic E-state index is 11.4. The van der Waals surface area contributed by atoms with Gasteiger partial charge in [-0.25, -0.2) is 0 Å². The second-order valence-corrected chi connectivity index (χ2v) is 4.30. The van der Waals surface area contributed by atoms with Gasteiger partial charge in [0.05, 0.1) is 39.0 Å². The van der Waals surface area contributed by atoms with Crippen LogP contribution in [0.2, 0.25) is 0 Å². The molecule has 0 amide bonds. The van der Waals surface area contributed by atoms with Gasteiger partial charge in [0.25, 0.3) is 0 Å². The molecule has 2 rings (SSSR count). The predicted octanol–water partition coefficient (Wildman–Crippen LogP) is -0.0460. The molecule has 0 saturated carbocycles. The number of epoxide rings is 2. The minimum Gasteiger partial charge on any atom is -0.438 e. The fraction of sp³-hybridized carbons (Fsp3) is 0.909. The highest BCUT2D eigenvalue weighted by Gasteiger charge is 2.24. The minimum absolute atomic E-state index is 0.0191. The molecule has 3 atom stereocenters. The van der Waals surface area contributed by atoms with E-state index in [1.807, 2.05) is 0 Å². The number of hydrogen-bond donors (Lipinski definition) is 0. The summed E-state index contributed by atoms with van der Waals surface area (Å²) in [7, 11) is 0. The fourth-order valence-electron chi connectivity index (χ4n) is 1.19. The van der Waals surface area contributed by atoms with Crippen LogP contribution in [0.4, 0.5) is 0 Å². The Morgan fingerprint density at radius 1 is 1.24 bits per heavy atom. The molecule has 6 heteroatoms. The average molecular weight is 246 g/mol. The molecule has 0 aromatic heterocycles. The fourth-order valence-corrected chi connectivity index (χ4v) is 1.19. The third-order valence-electron chi connectivity index (χ3n) is 2.47. The van der Waals surface area contributed by atoms with Crippen molar-refractivity contribution in [3.8, 4) is 0 Å². The predicted molar refractivity (Wildman–Crippen MR) is 56.4 cm³/mol. The Kier molecular flexibility index (Phi) is 4.73. The van der Waals surface area contributed by atoms with E-state index in [-0.39, 0.29) is 30.9 Å². The average Bonchev–Trinajstić information content (AvgIpc) is 3.16. The van der Waals surface area contributed by atoms with E-state index in [4.69, 9.17) is 23.7 Å². The van der Waals surface area contributed by atoms with Crippen molar-refractivity contribution in [2.24, 2.45) is 5.92 Å². The summed E-state index contributed by atoms with van der Waals surface area (Å²) in [5, 5.41) is 0. The van der Waals surface area contributed by atoms with Crippen molar-refractivity contribution in [2.45, 2.75) is 19.1 Å². The van der Waals surface area contributed by atoms with Gasteiger partial charge in [0.2, 0.25) is 0 Å². The molecule has 0 N–H and O–H groups in total.